The fourth-order valence-electron chi connectivity index (χ4n) is 4.82. The molecule has 1 aromatic rings. The highest BCUT2D eigenvalue weighted by Crippen LogP contribution is 2.13. The topological polar surface area (TPSA) is 8.81 Å². The molecule has 2 nitrogen and oxygen atoms in total. The molecule has 31 heavy (non-hydrogen) atoms. The van der Waals surface area contributed by atoms with E-state index < -0.39 is 0 Å². The number of aromatic nitrogens is 2. The van der Waals surface area contributed by atoms with E-state index in [-0.39, 0.29) is 0 Å². The Morgan fingerprint density at radius 1 is 0.548 bits per heavy atom. The molecule has 182 valence electrons. The zero-order valence-electron chi connectivity index (χ0n) is 21.8. The van der Waals surface area contributed by atoms with Gasteiger partial charge in [-0.15, -0.1) is 0 Å². The lowest BCUT2D eigenvalue weighted by Gasteiger charge is -2.05. The molecule has 0 aliphatic carbocycles. The van der Waals surface area contributed by atoms with Gasteiger partial charge in [0, 0.05) is 6.42 Å². The Kier molecular flexibility index (Phi) is 19.2. The van der Waals surface area contributed by atoms with Gasteiger partial charge in [-0.05, 0) is 26.2 Å². The predicted octanol–water partition coefficient (Wildman–Crippen LogP) is 9.18. The van der Waals surface area contributed by atoms with E-state index in [1.165, 1.54) is 141 Å². The number of unbranched alkanes of at least 4 members (excludes halogenated alkanes) is 18. The summed E-state index contributed by atoms with van der Waals surface area (Å²) in [6, 6.07) is 0. The number of rotatable bonds is 23. The lowest BCUT2D eigenvalue weighted by atomic mass is 10.0. The van der Waals surface area contributed by atoms with E-state index >= 15 is 0 Å². The third-order valence-electron chi connectivity index (χ3n) is 6.94. The number of nitrogens with zero attached hydrogens (tertiary/aromatic N) is 2. The normalized spacial score (nSPS) is 11.5. The molecule has 0 atom stereocenters. The molecular weight excluding hydrogens is 376 g/mol. The van der Waals surface area contributed by atoms with Crippen molar-refractivity contribution in [2.75, 3.05) is 0 Å². The zero-order valence-corrected chi connectivity index (χ0v) is 21.8. The van der Waals surface area contributed by atoms with Crippen LogP contribution < -0.4 is 4.57 Å². The molecule has 0 saturated carbocycles. The van der Waals surface area contributed by atoms with Crippen molar-refractivity contribution in [1.29, 1.82) is 0 Å². The Balaban J connectivity index is 2.03. The highest BCUT2D eigenvalue weighted by atomic mass is 15.1. The first-order chi connectivity index (χ1) is 15.3. The molecule has 2 heteroatoms. The van der Waals surface area contributed by atoms with Crippen molar-refractivity contribution in [3.63, 3.8) is 0 Å². The molecule has 0 saturated heterocycles. The minimum absolute atomic E-state index is 1.11. The van der Waals surface area contributed by atoms with Crippen molar-refractivity contribution >= 4 is 0 Å². The van der Waals surface area contributed by atoms with Gasteiger partial charge in [0.05, 0.1) is 13.1 Å². The average Bonchev–Trinajstić information content (AvgIpc) is 3.18. The molecule has 1 rings (SSSR count). The van der Waals surface area contributed by atoms with Gasteiger partial charge in [0.25, 0.3) is 5.82 Å². The summed E-state index contributed by atoms with van der Waals surface area (Å²) in [4.78, 5) is 0. The zero-order chi connectivity index (χ0) is 22.4. The summed E-state index contributed by atoms with van der Waals surface area (Å²) in [5, 5.41) is 0. The second-order valence-electron chi connectivity index (χ2n) is 9.81. The van der Waals surface area contributed by atoms with Crippen LogP contribution >= 0.6 is 0 Å². The van der Waals surface area contributed by atoms with Gasteiger partial charge in [-0.3, -0.25) is 0 Å². The van der Waals surface area contributed by atoms with Gasteiger partial charge in [-0.1, -0.05) is 123 Å². The van der Waals surface area contributed by atoms with Gasteiger partial charge in [0.15, 0.2) is 0 Å². The molecule has 0 aromatic carbocycles. The summed E-state index contributed by atoms with van der Waals surface area (Å²) in [6.45, 7) is 9.21. The fourth-order valence-corrected chi connectivity index (χ4v) is 4.82. The second-order valence-corrected chi connectivity index (χ2v) is 9.81. The Bertz CT molecular complexity index is 491. The minimum Gasteiger partial charge on any atom is -0.235 e. The molecule has 0 radical (unpaired) electrons. The maximum Gasteiger partial charge on any atom is 0.256 e. The van der Waals surface area contributed by atoms with E-state index in [4.69, 9.17) is 0 Å². The first-order valence-corrected chi connectivity index (χ1v) is 14.4. The van der Waals surface area contributed by atoms with Gasteiger partial charge < -0.3 is 0 Å². The average molecular weight is 434 g/mol. The maximum atomic E-state index is 2.55. The first kappa shape index (κ1) is 28.2. The molecule has 0 N–H and O–H groups in total. The van der Waals surface area contributed by atoms with Crippen molar-refractivity contribution < 1.29 is 4.57 Å². The third kappa shape index (κ3) is 14.8. The summed E-state index contributed by atoms with van der Waals surface area (Å²) in [6.07, 6.45) is 34.4. The monoisotopic (exact) mass is 433 g/mol. The van der Waals surface area contributed by atoms with Crippen LogP contribution in [0.15, 0.2) is 12.4 Å². The number of hydrogen-bond donors (Lipinski definition) is 0. The van der Waals surface area contributed by atoms with Crippen molar-refractivity contribution in [1.82, 2.24) is 4.57 Å². The molecular formula is C29H57N2+. The predicted molar refractivity (Wildman–Crippen MR) is 138 cm³/mol. The van der Waals surface area contributed by atoms with E-state index in [0.717, 1.165) is 6.54 Å². The van der Waals surface area contributed by atoms with Gasteiger partial charge in [0.2, 0.25) is 0 Å². The van der Waals surface area contributed by atoms with E-state index in [9.17, 15) is 0 Å². The molecule has 0 aliphatic rings. The lowest BCUT2D eigenvalue weighted by Crippen LogP contribution is -2.37. The van der Waals surface area contributed by atoms with Crippen LogP contribution in [0.3, 0.4) is 0 Å². The van der Waals surface area contributed by atoms with Crippen molar-refractivity contribution in [2.24, 2.45) is 0 Å². The Morgan fingerprint density at radius 2 is 0.968 bits per heavy atom. The summed E-state index contributed by atoms with van der Waals surface area (Å²) < 4.78 is 5.02. The van der Waals surface area contributed by atoms with Gasteiger partial charge >= 0.3 is 0 Å². The SMILES string of the molecule is CCCCCCCCCCCCCCCC[n+]1ccn(CC)c1CCCCCCCC. The van der Waals surface area contributed by atoms with Crippen LogP contribution in [0.4, 0.5) is 0 Å². The van der Waals surface area contributed by atoms with Crippen LogP contribution in [0.5, 0.6) is 0 Å². The molecule has 0 fully saturated rings. The van der Waals surface area contributed by atoms with Gasteiger partial charge in [0.1, 0.15) is 12.4 Å². The van der Waals surface area contributed by atoms with Crippen molar-refractivity contribution in [3.8, 4) is 0 Å². The highest BCUT2D eigenvalue weighted by molar-refractivity contribution is 4.83. The smallest absolute Gasteiger partial charge is 0.235 e. The first-order valence-electron chi connectivity index (χ1n) is 14.4. The maximum absolute atomic E-state index is 2.55. The van der Waals surface area contributed by atoms with E-state index in [0.29, 0.717) is 0 Å². The molecule has 0 aliphatic heterocycles. The number of imidazole rings is 1. The Labute approximate surface area is 196 Å². The largest absolute Gasteiger partial charge is 0.256 e. The second kappa shape index (κ2) is 21.1. The molecule has 1 heterocycles. The molecule has 1 aromatic heterocycles. The number of aryl methyl sites for hydroxylation is 2. The van der Waals surface area contributed by atoms with E-state index in [2.05, 4.69) is 42.3 Å². The highest BCUT2D eigenvalue weighted by Gasteiger charge is 2.15. The van der Waals surface area contributed by atoms with Crippen molar-refractivity contribution in [2.45, 2.75) is 169 Å². The Hall–Kier alpha value is -0.790. The van der Waals surface area contributed by atoms with Crippen LogP contribution in [0.25, 0.3) is 0 Å². The van der Waals surface area contributed by atoms with Crippen molar-refractivity contribution in [3.05, 3.63) is 18.2 Å². The van der Waals surface area contributed by atoms with Crippen LogP contribution in [0.2, 0.25) is 0 Å². The lowest BCUT2D eigenvalue weighted by molar-refractivity contribution is -0.704. The summed E-state index contributed by atoms with van der Waals surface area (Å²) >= 11 is 0. The summed E-state index contributed by atoms with van der Waals surface area (Å²) in [5.74, 6) is 1.56. The molecule has 0 unspecified atom stereocenters. The van der Waals surface area contributed by atoms with Crippen LogP contribution in [-0.4, -0.2) is 4.57 Å². The van der Waals surface area contributed by atoms with Crippen LogP contribution in [-0.2, 0) is 19.5 Å². The van der Waals surface area contributed by atoms with E-state index in [1.807, 2.05) is 0 Å². The standard InChI is InChI=1S/C29H57N2/c1-4-7-9-11-13-14-15-16-17-18-19-20-22-24-26-31-28-27-30(6-3)29(31)25-23-21-12-10-8-5-2/h27-28H,4-26H2,1-3H3/q+1. The molecule has 0 amide bonds. The minimum atomic E-state index is 1.11. The molecule has 0 spiro atoms. The quantitative estimate of drug-likeness (QED) is 0.120. The van der Waals surface area contributed by atoms with Crippen LogP contribution in [0, 0.1) is 0 Å². The Morgan fingerprint density at radius 3 is 1.42 bits per heavy atom. The van der Waals surface area contributed by atoms with Gasteiger partial charge in [-0.25, -0.2) is 9.13 Å². The number of hydrogen-bond acceptors (Lipinski definition) is 0. The fraction of sp³-hybridized carbons (Fsp3) is 0.897. The summed E-state index contributed by atoms with van der Waals surface area (Å²) in [5.41, 5.74) is 0. The van der Waals surface area contributed by atoms with Crippen LogP contribution in [0.1, 0.15) is 155 Å². The van der Waals surface area contributed by atoms with E-state index in [1.54, 1.807) is 5.82 Å². The van der Waals surface area contributed by atoms with Gasteiger partial charge in [-0.2, -0.15) is 0 Å². The molecule has 0 bridgehead atoms. The third-order valence-corrected chi connectivity index (χ3v) is 6.94. The summed E-state index contributed by atoms with van der Waals surface area (Å²) in [7, 11) is 0.